The van der Waals surface area contributed by atoms with Gasteiger partial charge in [0.25, 0.3) is 0 Å². The van der Waals surface area contributed by atoms with E-state index in [1.54, 1.807) is 0 Å². The van der Waals surface area contributed by atoms with Gasteiger partial charge in [0.1, 0.15) is 19.3 Å². The summed E-state index contributed by atoms with van der Waals surface area (Å²) in [5, 5.41) is 10.5. The summed E-state index contributed by atoms with van der Waals surface area (Å²) >= 11 is 0. The van der Waals surface area contributed by atoms with Crippen molar-refractivity contribution >= 4 is 39.5 Å². The first kappa shape index (κ1) is 76.1. The summed E-state index contributed by atoms with van der Waals surface area (Å²) in [4.78, 5) is 71.5. The maximum Gasteiger partial charge on any atom is 0.472 e. The normalized spacial score (nSPS) is 14.8. The first-order valence-electron chi connectivity index (χ1n) is 31.0. The molecule has 0 aromatic carbocycles. The van der Waals surface area contributed by atoms with Crippen LogP contribution < -0.4 is 0 Å². The zero-order valence-corrected chi connectivity index (χ0v) is 51.7. The van der Waals surface area contributed by atoms with Crippen LogP contribution in [0.5, 0.6) is 0 Å². The monoisotopic (exact) mass is 1160 g/mol. The van der Waals surface area contributed by atoms with Crippen molar-refractivity contribution in [3.63, 3.8) is 0 Å². The molecule has 0 aromatic heterocycles. The first-order chi connectivity index (χ1) is 37.4. The SMILES string of the molecule is CCCCCCCC(=O)OC[C@H](COP(=O)(O)OC[C@H](O)COP(=O)(O)OC[C@@H](COC(=O)CCCCCCCCCCC(C)CC)OC(=O)CCCCCCCCCCCCCCCC(C)C)OC(=O)CCCCCCC. The Morgan fingerprint density at radius 1 is 0.372 bits per heavy atom. The molecule has 462 valence electrons. The summed E-state index contributed by atoms with van der Waals surface area (Å²) in [6.07, 6.45) is 32.8. The maximum absolute atomic E-state index is 12.9. The third-order valence-electron chi connectivity index (χ3n) is 13.8. The summed E-state index contributed by atoms with van der Waals surface area (Å²) in [5.41, 5.74) is 0. The summed E-state index contributed by atoms with van der Waals surface area (Å²) in [6.45, 7) is 9.29. The molecule has 6 atom stereocenters. The van der Waals surface area contributed by atoms with Gasteiger partial charge in [-0.3, -0.25) is 37.3 Å². The second-order valence-electron chi connectivity index (χ2n) is 22.1. The molecule has 0 amide bonds. The van der Waals surface area contributed by atoms with Crippen molar-refractivity contribution in [1.82, 2.24) is 0 Å². The number of aliphatic hydroxyl groups excluding tert-OH is 1. The van der Waals surface area contributed by atoms with Gasteiger partial charge in [0.15, 0.2) is 12.2 Å². The molecule has 0 rings (SSSR count). The van der Waals surface area contributed by atoms with E-state index in [4.69, 9.17) is 37.0 Å². The quantitative estimate of drug-likeness (QED) is 0.0222. The molecule has 0 spiro atoms. The summed E-state index contributed by atoms with van der Waals surface area (Å²) in [5.74, 6) is -0.599. The minimum Gasteiger partial charge on any atom is -0.462 e. The fourth-order valence-corrected chi connectivity index (χ4v) is 10.2. The van der Waals surface area contributed by atoms with Crippen LogP contribution in [0.4, 0.5) is 0 Å². The van der Waals surface area contributed by atoms with Crippen molar-refractivity contribution in [2.75, 3.05) is 39.6 Å². The number of ether oxygens (including phenoxy) is 4. The molecule has 0 aliphatic heterocycles. The summed E-state index contributed by atoms with van der Waals surface area (Å²) in [7, 11) is -9.86. The van der Waals surface area contributed by atoms with Crippen molar-refractivity contribution in [3.8, 4) is 0 Å². The number of carbonyl (C=O) groups excluding carboxylic acids is 4. The van der Waals surface area contributed by atoms with Gasteiger partial charge in [-0.1, -0.05) is 234 Å². The van der Waals surface area contributed by atoms with Crippen LogP contribution in [0.3, 0.4) is 0 Å². The lowest BCUT2D eigenvalue weighted by molar-refractivity contribution is -0.161. The van der Waals surface area contributed by atoms with E-state index >= 15 is 0 Å². The van der Waals surface area contributed by atoms with Crippen LogP contribution >= 0.6 is 15.6 Å². The van der Waals surface area contributed by atoms with E-state index < -0.39 is 97.5 Å². The topological polar surface area (TPSA) is 237 Å². The fraction of sp³-hybridized carbons (Fsp3) is 0.932. The average Bonchev–Trinajstić information content (AvgIpc) is 3.40. The third kappa shape index (κ3) is 52.2. The van der Waals surface area contributed by atoms with Gasteiger partial charge in [0.05, 0.1) is 26.4 Å². The van der Waals surface area contributed by atoms with Gasteiger partial charge in [0, 0.05) is 25.7 Å². The first-order valence-corrected chi connectivity index (χ1v) is 34.0. The van der Waals surface area contributed by atoms with E-state index in [1.807, 2.05) is 0 Å². The molecule has 0 radical (unpaired) electrons. The number of hydrogen-bond donors (Lipinski definition) is 3. The Bertz CT molecular complexity index is 1550. The number of hydrogen-bond acceptors (Lipinski definition) is 15. The highest BCUT2D eigenvalue weighted by molar-refractivity contribution is 7.47. The molecule has 0 aliphatic carbocycles. The second kappa shape index (κ2) is 51.9. The fourth-order valence-electron chi connectivity index (χ4n) is 8.61. The highest BCUT2D eigenvalue weighted by atomic mass is 31.2. The number of rotatable bonds is 58. The van der Waals surface area contributed by atoms with Crippen molar-refractivity contribution < 1.29 is 80.2 Å². The maximum atomic E-state index is 12.9. The third-order valence-corrected chi connectivity index (χ3v) is 15.7. The molecule has 0 aliphatic rings. The molecule has 3 N–H and O–H groups in total. The summed E-state index contributed by atoms with van der Waals surface area (Å²) in [6, 6.07) is 0. The average molecular weight is 1160 g/mol. The number of esters is 4. The molecule has 3 unspecified atom stereocenters. The predicted molar refractivity (Wildman–Crippen MR) is 308 cm³/mol. The van der Waals surface area contributed by atoms with Crippen LogP contribution in [-0.2, 0) is 65.4 Å². The molecule has 0 bridgehead atoms. The Balaban J connectivity index is 5.13. The van der Waals surface area contributed by atoms with Crippen molar-refractivity contribution in [3.05, 3.63) is 0 Å². The number of unbranched alkanes of at least 4 members (excludes halogenated alkanes) is 27. The van der Waals surface area contributed by atoms with Crippen molar-refractivity contribution in [2.45, 2.75) is 304 Å². The Hall–Kier alpha value is -1.94. The second-order valence-corrected chi connectivity index (χ2v) is 25.0. The van der Waals surface area contributed by atoms with Crippen LogP contribution in [0.2, 0.25) is 0 Å². The molecule has 78 heavy (non-hydrogen) atoms. The van der Waals surface area contributed by atoms with Crippen LogP contribution in [0.15, 0.2) is 0 Å². The summed E-state index contributed by atoms with van der Waals surface area (Å²) < 4.78 is 67.4. The van der Waals surface area contributed by atoms with Gasteiger partial charge in [0.2, 0.25) is 0 Å². The van der Waals surface area contributed by atoms with E-state index in [2.05, 4.69) is 41.5 Å². The minimum atomic E-state index is -4.94. The smallest absolute Gasteiger partial charge is 0.462 e. The molecule has 0 aromatic rings. The van der Waals surface area contributed by atoms with Crippen LogP contribution in [0.1, 0.15) is 286 Å². The number of carbonyl (C=O) groups is 4. The lowest BCUT2D eigenvalue weighted by atomic mass is 9.99. The molecule has 0 saturated heterocycles. The molecular formula is C59H114O17P2. The van der Waals surface area contributed by atoms with Gasteiger partial charge in [-0.25, -0.2) is 9.13 Å². The lowest BCUT2D eigenvalue weighted by Gasteiger charge is -2.21. The van der Waals surface area contributed by atoms with Gasteiger partial charge in [-0.15, -0.1) is 0 Å². The van der Waals surface area contributed by atoms with Crippen LogP contribution in [0.25, 0.3) is 0 Å². The molecule has 0 fully saturated rings. The number of phosphoric acid groups is 2. The van der Waals surface area contributed by atoms with Crippen molar-refractivity contribution in [1.29, 1.82) is 0 Å². The Morgan fingerprint density at radius 2 is 0.654 bits per heavy atom. The zero-order valence-electron chi connectivity index (χ0n) is 50.0. The van der Waals surface area contributed by atoms with E-state index in [0.29, 0.717) is 25.7 Å². The number of phosphoric ester groups is 2. The minimum absolute atomic E-state index is 0.0985. The van der Waals surface area contributed by atoms with Crippen LogP contribution in [0, 0.1) is 11.8 Å². The van der Waals surface area contributed by atoms with Crippen molar-refractivity contribution in [2.24, 2.45) is 11.8 Å². The largest absolute Gasteiger partial charge is 0.472 e. The van der Waals surface area contributed by atoms with Crippen LogP contribution in [-0.4, -0.2) is 96.7 Å². The van der Waals surface area contributed by atoms with Gasteiger partial charge in [-0.05, 0) is 37.5 Å². The van der Waals surface area contributed by atoms with Gasteiger partial charge in [-0.2, -0.15) is 0 Å². The molecular weight excluding hydrogens is 1040 g/mol. The van der Waals surface area contributed by atoms with Gasteiger partial charge < -0.3 is 33.8 Å². The Labute approximate surface area is 473 Å². The Kier molecular flexibility index (Phi) is 50.6. The number of aliphatic hydroxyl groups is 1. The lowest BCUT2D eigenvalue weighted by Crippen LogP contribution is -2.30. The highest BCUT2D eigenvalue weighted by Gasteiger charge is 2.30. The molecule has 0 saturated carbocycles. The van der Waals surface area contributed by atoms with Gasteiger partial charge >= 0.3 is 39.5 Å². The predicted octanol–water partition coefficient (Wildman–Crippen LogP) is 15.7. The van der Waals surface area contributed by atoms with E-state index in [-0.39, 0.29) is 25.7 Å². The standard InChI is InChI=1S/C59H114O17P2/c1-7-10-12-27-35-41-56(61)69-47-54(75-58(63)43-37-28-13-11-8-2)49-73-77(65,66)71-45-53(60)46-72-78(67,68)74-50-55(48-70-57(62)42-36-31-25-22-21-24-30-34-40-52(6)9-3)76-59(64)44-38-32-26-20-18-16-14-15-17-19-23-29-33-39-51(4)5/h51-55,60H,7-50H2,1-6H3,(H,65,66)(H,67,68)/t52?,53-,54+,55+/m0/s1. The molecule has 17 nitrogen and oxygen atoms in total. The highest BCUT2D eigenvalue weighted by Crippen LogP contribution is 2.45. The zero-order chi connectivity index (χ0) is 58.0. The molecule has 19 heteroatoms. The Morgan fingerprint density at radius 3 is 0.974 bits per heavy atom. The molecule has 0 heterocycles. The van der Waals surface area contributed by atoms with E-state index in [0.717, 1.165) is 108 Å². The van der Waals surface area contributed by atoms with E-state index in [9.17, 15) is 43.2 Å². The van der Waals surface area contributed by atoms with E-state index in [1.165, 1.54) is 96.3 Å².